The van der Waals surface area contributed by atoms with Crippen LogP contribution in [0.4, 0.5) is 5.69 Å². The zero-order valence-corrected chi connectivity index (χ0v) is 27.7. The van der Waals surface area contributed by atoms with Crippen LogP contribution < -0.4 is 9.62 Å². The largest absolute Gasteiger partial charge is 0.352 e. The van der Waals surface area contributed by atoms with Crippen LogP contribution >= 0.6 is 23.2 Å². The van der Waals surface area contributed by atoms with Crippen molar-refractivity contribution in [2.24, 2.45) is 0 Å². The van der Waals surface area contributed by atoms with Gasteiger partial charge in [-0.2, -0.15) is 0 Å². The second-order valence-electron chi connectivity index (χ2n) is 11.5. The van der Waals surface area contributed by atoms with Crippen LogP contribution in [-0.2, 0) is 32.6 Å². The maximum atomic E-state index is 14.1. The Hall–Kier alpha value is -3.07. The first kappa shape index (κ1) is 33.8. The monoisotopic (exact) mass is 657 g/mol. The Morgan fingerprint density at radius 3 is 2.30 bits per heavy atom. The Balaban J connectivity index is 1.60. The van der Waals surface area contributed by atoms with Crippen molar-refractivity contribution in [2.45, 2.75) is 76.9 Å². The highest BCUT2D eigenvalue weighted by molar-refractivity contribution is 7.92. The molecule has 44 heavy (non-hydrogen) atoms. The first-order valence-corrected chi connectivity index (χ1v) is 17.7. The lowest BCUT2D eigenvalue weighted by Crippen LogP contribution is -2.52. The Morgan fingerprint density at radius 2 is 1.61 bits per heavy atom. The third-order valence-electron chi connectivity index (χ3n) is 8.12. The molecule has 10 heteroatoms. The number of anilines is 1. The van der Waals surface area contributed by atoms with E-state index in [1.807, 2.05) is 42.5 Å². The minimum atomic E-state index is -3.64. The van der Waals surface area contributed by atoms with Crippen LogP contribution in [-0.4, -0.2) is 50.0 Å². The molecule has 1 fully saturated rings. The van der Waals surface area contributed by atoms with Gasteiger partial charge in [0.05, 0.1) is 11.9 Å². The van der Waals surface area contributed by atoms with Gasteiger partial charge >= 0.3 is 0 Å². The fourth-order valence-electron chi connectivity index (χ4n) is 5.78. The first-order chi connectivity index (χ1) is 21.0. The molecule has 3 aromatic rings. The van der Waals surface area contributed by atoms with E-state index in [0.717, 1.165) is 43.1 Å². The number of carbonyl (C=O) groups is 2. The van der Waals surface area contributed by atoms with Gasteiger partial charge in [0.2, 0.25) is 21.8 Å². The van der Waals surface area contributed by atoms with Crippen molar-refractivity contribution in [1.82, 2.24) is 10.2 Å². The molecule has 0 saturated heterocycles. The van der Waals surface area contributed by atoms with Gasteiger partial charge in [0.15, 0.2) is 0 Å². The minimum absolute atomic E-state index is 0.0498. The van der Waals surface area contributed by atoms with Gasteiger partial charge in [0.1, 0.15) is 6.04 Å². The van der Waals surface area contributed by atoms with E-state index in [2.05, 4.69) is 5.32 Å². The van der Waals surface area contributed by atoms with Crippen LogP contribution in [0.5, 0.6) is 0 Å². The molecule has 1 atom stereocenters. The van der Waals surface area contributed by atoms with Gasteiger partial charge in [-0.05, 0) is 67.1 Å². The summed E-state index contributed by atoms with van der Waals surface area (Å²) in [5.41, 5.74) is 2.88. The van der Waals surface area contributed by atoms with E-state index >= 15 is 0 Å². The van der Waals surface area contributed by atoms with Crippen molar-refractivity contribution < 1.29 is 18.0 Å². The van der Waals surface area contributed by atoms with E-state index in [9.17, 15) is 18.0 Å². The number of sulfonamides is 1. The van der Waals surface area contributed by atoms with Crippen LogP contribution in [0.25, 0.3) is 0 Å². The fourth-order valence-corrected chi connectivity index (χ4v) is 7.18. The van der Waals surface area contributed by atoms with Crippen LogP contribution in [0, 0.1) is 6.92 Å². The van der Waals surface area contributed by atoms with Gasteiger partial charge in [-0.3, -0.25) is 13.9 Å². The molecule has 3 aromatic carbocycles. The van der Waals surface area contributed by atoms with Gasteiger partial charge in [-0.15, -0.1) is 0 Å². The third kappa shape index (κ3) is 9.46. The number of benzene rings is 3. The lowest BCUT2D eigenvalue weighted by atomic mass is 9.94. The molecule has 4 rings (SSSR count). The van der Waals surface area contributed by atoms with Gasteiger partial charge < -0.3 is 10.2 Å². The highest BCUT2D eigenvalue weighted by atomic mass is 35.5. The van der Waals surface area contributed by atoms with Crippen LogP contribution in [0.1, 0.15) is 61.6 Å². The lowest BCUT2D eigenvalue weighted by molar-refractivity contribution is -0.141. The summed E-state index contributed by atoms with van der Waals surface area (Å²) in [5.74, 6) is -0.413. The predicted molar refractivity (Wildman–Crippen MR) is 179 cm³/mol. The maximum absolute atomic E-state index is 14.1. The van der Waals surface area contributed by atoms with Crippen molar-refractivity contribution in [3.63, 3.8) is 0 Å². The second kappa shape index (κ2) is 15.8. The van der Waals surface area contributed by atoms with E-state index in [-0.39, 0.29) is 43.8 Å². The third-order valence-corrected chi connectivity index (χ3v) is 9.95. The lowest BCUT2D eigenvalue weighted by Gasteiger charge is -2.34. The molecule has 1 aliphatic carbocycles. The van der Waals surface area contributed by atoms with Crippen molar-refractivity contribution in [1.29, 1.82) is 0 Å². The standard InChI is InChI=1S/C34H41Cl2N3O4S/c1-25-30(36)18-10-19-31(25)39(44(2,42)43)21-11-20-33(40)38(24-27-14-9-15-28(35)22-27)32(23-26-12-5-3-6-13-26)34(41)37-29-16-7-4-8-17-29/h3,5-6,9-10,12-15,18-19,22,29,32H,4,7-8,11,16-17,20-21,23-24H2,1-2H3,(H,37,41)/t32-/m1/s1. The van der Waals surface area contributed by atoms with Crippen LogP contribution in [0.2, 0.25) is 10.0 Å². The highest BCUT2D eigenvalue weighted by Crippen LogP contribution is 2.29. The topological polar surface area (TPSA) is 86.8 Å². The van der Waals surface area contributed by atoms with Crippen molar-refractivity contribution in [2.75, 3.05) is 17.1 Å². The zero-order valence-electron chi connectivity index (χ0n) is 25.3. The van der Waals surface area contributed by atoms with Gasteiger partial charge in [-0.1, -0.05) is 91.0 Å². The number of carbonyl (C=O) groups excluding carboxylic acids is 2. The number of nitrogens with one attached hydrogen (secondary N) is 1. The number of rotatable bonds is 13. The quantitative estimate of drug-likeness (QED) is 0.216. The molecule has 7 nitrogen and oxygen atoms in total. The molecule has 0 aliphatic heterocycles. The molecule has 0 spiro atoms. The zero-order chi connectivity index (χ0) is 31.7. The minimum Gasteiger partial charge on any atom is -0.352 e. The van der Waals surface area contributed by atoms with Crippen molar-refractivity contribution in [3.8, 4) is 0 Å². The second-order valence-corrected chi connectivity index (χ2v) is 14.3. The SMILES string of the molecule is Cc1c(Cl)cccc1N(CCCC(=O)N(Cc1cccc(Cl)c1)[C@H](Cc1ccccc1)C(=O)NC1CCCCC1)S(C)(=O)=O. The smallest absolute Gasteiger partial charge is 0.243 e. The van der Waals surface area contributed by atoms with E-state index in [4.69, 9.17) is 23.2 Å². The number of halogens is 2. The number of nitrogens with zero attached hydrogens (tertiary/aromatic N) is 2. The summed E-state index contributed by atoms with van der Waals surface area (Å²) in [5, 5.41) is 4.25. The Bertz CT molecular complexity index is 1530. The van der Waals surface area contributed by atoms with Gasteiger partial charge in [0.25, 0.3) is 0 Å². The summed E-state index contributed by atoms with van der Waals surface area (Å²) in [7, 11) is -3.64. The summed E-state index contributed by atoms with van der Waals surface area (Å²) < 4.78 is 26.9. The molecule has 0 heterocycles. The van der Waals surface area contributed by atoms with E-state index < -0.39 is 16.1 Å². The molecule has 0 radical (unpaired) electrons. The summed E-state index contributed by atoms with van der Waals surface area (Å²) in [6.45, 7) is 2.05. The number of hydrogen-bond donors (Lipinski definition) is 1. The van der Waals surface area contributed by atoms with Crippen LogP contribution in [0.3, 0.4) is 0 Å². The molecule has 0 bridgehead atoms. The molecular weight excluding hydrogens is 617 g/mol. The summed E-state index contributed by atoms with van der Waals surface area (Å²) in [4.78, 5) is 29.7. The van der Waals surface area contributed by atoms with Crippen LogP contribution in [0.15, 0.2) is 72.8 Å². The Kier molecular flexibility index (Phi) is 12.1. The average molecular weight is 659 g/mol. The Labute approximate surface area is 271 Å². The summed E-state index contributed by atoms with van der Waals surface area (Å²) >= 11 is 12.6. The molecule has 1 saturated carbocycles. The molecule has 1 aliphatic rings. The van der Waals surface area contributed by atoms with Crippen molar-refractivity contribution in [3.05, 3.63) is 99.5 Å². The average Bonchev–Trinajstić information content (AvgIpc) is 2.99. The molecule has 0 aromatic heterocycles. The molecule has 236 valence electrons. The van der Waals surface area contributed by atoms with E-state index in [1.165, 1.54) is 10.7 Å². The van der Waals surface area contributed by atoms with Crippen molar-refractivity contribution >= 4 is 50.7 Å². The molecule has 0 unspecified atom stereocenters. The summed E-state index contributed by atoms with van der Waals surface area (Å²) in [6.07, 6.45) is 6.96. The molecule has 2 amide bonds. The van der Waals surface area contributed by atoms with E-state index in [1.54, 1.807) is 42.2 Å². The normalized spacial score (nSPS) is 14.5. The van der Waals surface area contributed by atoms with Gasteiger partial charge in [-0.25, -0.2) is 8.42 Å². The maximum Gasteiger partial charge on any atom is 0.243 e. The molecular formula is C34H41Cl2N3O4S. The number of hydrogen-bond acceptors (Lipinski definition) is 4. The van der Waals surface area contributed by atoms with E-state index in [0.29, 0.717) is 27.7 Å². The predicted octanol–water partition coefficient (Wildman–Crippen LogP) is 6.94. The first-order valence-electron chi connectivity index (χ1n) is 15.1. The highest BCUT2D eigenvalue weighted by Gasteiger charge is 2.32. The Morgan fingerprint density at radius 1 is 0.932 bits per heavy atom. The summed E-state index contributed by atoms with van der Waals surface area (Å²) in [6, 6.07) is 21.4. The molecule has 1 N–H and O–H groups in total. The fraction of sp³-hybridized carbons (Fsp3) is 0.412. The van der Waals surface area contributed by atoms with Gasteiger partial charge in [0, 0.05) is 42.0 Å². The number of amides is 2.